The molecule has 10 nitrogen and oxygen atoms in total. The van der Waals surface area contributed by atoms with Crippen molar-refractivity contribution in [2.45, 2.75) is 18.8 Å². The van der Waals surface area contributed by atoms with Crippen molar-refractivity contribution >= 4 is 34.8 Å². The number of aliphatic hydroxyl groups is 1. The average Bonchev–Trinajstić information content (AvgIpc) is 2.94. The molecule has 3 amide bonds. The minimum Gasteiger partial charge on any atom is -0.380 e. The summed E-state index contributed by atoms with van der Waals surface area (Å²) < 4.78 is 10.9. The largest absolute Gasteiger partial charge is 0.380 e. The molecule has 1 aliphatic rings. The van der Waals surface area contributed by atoms with Crippen LogP contribution in [0.15, 0.2) is 78.9 Å². The molecule has 0 aliphatic carbocycles. The van der Waals surface area contributed by atoms with E-state index >= 15 is 0 Å². The molecule has 4 rings (SSSR count). The van der Waals surface area contributed by atoms with Gasteiger partial charge in [-0.15, -0.1) is 0 Å². The maximum Gasteiger partial charge on any atom is 0.259 e. The first kappa shape index (κ1) is 26.5. The summed E-state index contributed by atoms with van der Waals surface area (Å²) in [4.78, 5) is 39.2. The highest BCUT2D eigenvalue weighted by Gasteiger charge is 2.39. The third kappa shape index (κ3) is 6.80. The molecule has 2 atom stereocenters. The predicted molar refractivity (Wildman–Crippen MR) is 139 cm³/mol. The quantitative estimate of drug-likeness (QED) is 0.398. The van der Waals surface area contributed by atoms with Gasteiger partial charge in [-0.2, -0.15) is 5.26 Å². The molecular weight excluding hydrogens is 488 g/mol. The molecule has 1 unspecified atom stereocenters. The number of nitriles is 1. The molecule has 1 aliphatic heterocycles. The van der Waals surface area contributed by atoms with Crippen LogP contribution < -0.4 is 15.5 Å². The van der Waals surface area contributed by atoms with Crippen LogP contribution in [-0.2, 0) is 30.5 Å². The van der Waals surface area contributed by atoms with Crippen LogP contribution in [0.1, 0.15) is 11.1 Å². The van der Waals surface area contributed by atoms with Gasteiger partial charge in [-0.05, 0) is 54.1 Å². The summed E-state index contributed by atoms with van der Waals surface area (Å²) in [6.07, 6.45) is -3.13. The van der Waals surface area contributed by atoms with E-state index in [0.29, 0.717) is 29.2 Å². The van der Waals surface area contributed by atoms with Crippen LogP contribution in [0.2, 0.25) is 0 Å². The van der Waals surface area contributed by atoms with Gasteiger partial charge in [0.25, 0.3) is 11.8 Å². The number of aliphatic hydroxyl groups excluding tert-OH is 1. The zero-order chi connectivity index (χ0) is 26.9. The fraction of sp³-hybridized carbons (Fsp3) is 0.214. The van der Waals surface area contributed by atoms with E-state index in [0.717, 1.165) is 5.56 Å². The molecule has 0 spiro atoms. The molecule has 1 fully saturated rings. The maximum absolute atomic E-state index is 13.0. The van der Waals surface area contributed by atoms with Crippen molar-refractivity contribution in [2.75, 3.05) is 35.3 Å². The number of benzene rings is 3. The van der Waals surface area contributed by atoms with E-state index in [2.05, 4.69) is 10.6 Å². The van der Waals surface area contributed by atoms with Gasteiger partial charge in [0.2, 0.25) is 5.91 Å². The summed E-state index contributed by atoms with van der Waals surface area (Å²) in [5.74, 6) is -1.68. The van der Waals surface area contributed by atoms with Crippen LogP contribution in [0.4, 0.5) is 17.1 Å². The van der Waals surface area contributed by atoms with E-state index in [9.17, 15) is 19.5 Å². The SMILES string of the molecule is N#Cc1ccc(NC(=O)C(O)[C@H]2OCCN(c3ccc(NC(=O)COCc4ccccc4)cc3)C2=O)cc1. The van der Waals surface area contributed by atoms with Crippen molar-refractivity contribution in [3.8, 4) is 6.07 Å². The third-order valence-electron chi connectivity index (χ3n) is 5.77. The number of carbonyl (C=O) groups excluding carboxylic acids is 3. The first-order valence-corrected chi connectivity index (χ1v) is 11.9. The average molecular weight is 515 g/mol. The normalized spacial score (nSPS) is 15.8. The Morgan fingerprint density at radius 3 is 2.37 bits per heavy atom. The van der Waals surface area contributed by atoms with Gasteiger partial charge in [-0.3, -0.25) is 14.4 Å². The molecule has 1 heterocycles. The van der Waals surface area contributed by atoms with Crippen molar-refractivity contribution in [3.63, 3.8) is 0 Å². The highest BCUT2D eigenvalue weighted by molar-refractivity contribution is 6.04. The second-order valence-electron chi connectivity index (χ2n) is 8.48. The number of hydrogen-bond acceptors (Lipinski definition) is 7. The highest BCUT2D eigenvalue weighted by atomic mass is 16.5. The molecule has 3 aromatic carbocycles. The van der Waals surface area contributed by atoms with E-state index in [1.165, 1.54) is 29.2 Å². The van der Waals surface area contributed by atoms with Crippen molar-refractivity contribution in [1.29, 1.82) is 5.26 Å². The lowest BCUT2D eigenvalue weighted by molar-refractivity contribution is -0.150. The van der Waals surface area contributed by atoms with Crippen LogP contribution in [0, 0.1) is 11.3 Å². The predicted octanol–water partition coefficient (Wildman–Crippen LogP) is 2.44. The fourth-order valence-electron chi connectivity index (χ4n) is 3.83. The summed E-state index contributed by atoms with van der Waals surface area (Å²) in [7, 11) is 0. The van der Waals surface area contributed by atoms with Crippen LogP contribution in [0.25, 0.3) is 0 Å². The molecule has 3 N–H and O–H groups in total. The summed E-state index contributed by atoms with van der Waals surface area (Å²) in [5, 5.41) is 24.7. The van der Waals surface area contributed by atoms with Gasteiger partial charge in [-0.25, -0.2) is 0 Å². The summed E-state index contributed by atoms with van der Waals surface area (Å²) in [6.45, 7) is 0.570. The van der Waals surface area contributed by atoms with E-state index in [1.807, 2.05) is 36.4 Å². The minimum atomic E-state index is -1.74. The highest BCUT2D eigenvalue weighted by Crippen LogP contribution is 2.23. The monoisotopic (exact) mass is 514 g/mol. The second kappa shape index (κ2) is 12.6. The Bertz CT molecular complexity index is 1310. The zero-order valence-corrected chi connectivity index (χ0v) is 20.4. The van der Waals surface area contributed by atoms with Crippen molar-refractivity contribution in [3.05, 3.63) is 90.0 Å². The topological polar surface area (TPSA) is 141 Å². The Balaban J connectivity index is 1.30. The molecule has 0 saturated carbocycles. The Kier molecular flexibility index (Phi) is 8.79. The van der Waals surface area contributed by atoms with Gasteiger partial charge in [0.1, 0.15) is 6.61 Å². The van der Waals surface area contributed by atoms with E-state index in [1.54, 1.807) is 24.3 Å². The Hall–Kier alpha value is -4.56. The zero-order valence-electron chi connectivity index (χ0n) is 20.4. The number of morpholine rings is 1. The van der Waals surface area contributed by atoms with Gasteiger partial charge >= 0.3 is 0 Å². The standard InChI is InChI=1S/C28H26N4O6/c29-16-19-6-8-22(9-7-19)31-27(35)25(34)26-28(36)32(14-15-38-26)23-12-10-21(11-13-23)30-24(33)18-37-17-20-4-2-1-3-5-20/h1-13,25-26,34H,14-15,17-18H2,(H,30,33)(H,31,35)/t25?,26-/m1/s1. The number of nitrogens with zero attached hydrogens (tertiary/aromatic N) is 2. The number of nitrogens with one attached hydrogen (secondary N) is 2. The molecule has 10 heteroatoms. The summed E-state index contributed by atoms with van der Waals surface area (Å²) in [5.41, 5.74) is 2.82. The lowest BCUT2D eigenvalue weighted by Gasteiger charge is -2.34. The van der Waals surface area contributed by atoms with E-state index in [-0.39, 0.29) is 25.7 Å². The summed E-state index contributed by atoms with van der Waals surface area (Å²) in [6, 6.07) is 24.2. The van der Waals surface area contributed by atoms with Gasteiger partial charge < -0.3 is 30.1 Å². The Morgan fingerprint density at radius 1 is 1.03 bits per heavy atom. The number of rotatable bonds is 9. The van der Waals surface area contributed by atoms with Gasteiger partial charge in [0.15, 0.2) is 12.2 Å². The number of ether oxygens (including phenoxy) is 2. The fourth-order valence-corrected chi connectivity index (χ4v) is 3.83. The summed E-state index contributed by atoms with van der Waals surface area (Å²) >= 11 is 0. The van der Waals surface area contributed by atoms with Gasteiger partial charge in [-0.1, -0.05) is 30.3 Å². The van der Waals surface area contributed by atoms with Crippen molar-refractivity contribution < 1.29 is 29.0 Å². The van der Waals surface area contributed by atoms with Gasteiger partial charge in [0.05, 0.1) is 24.8 Å². The molecule has 0 bridgehead atoms. The van der Waals surface area contributed by atoms with Crippen LogP contribution >= 0.6 is 0 Å². The van der Waals surface area contributed by atoms with Crippen LogP contribution in [-0.4, -0.2) is 54.8 Å². The molecule has 38 heavy (non-hydrogen) atoms. The Morgan fingerprint density at radius 2 is 1.68 bits per heavy atom. The van der Waals surface area contributed by atoms with Crippen molar-refractivity contribution in [1.82, 2.24) is 0 Å². The second-order valence-corrected chi connectivity index (χ2v) is 8.48. The smallest absolute Gasteiger partial charge is 0.259 e. The molecule has 1 saturated heterocycles. The first-order chi connectivity index (χ1) is 18.4. The lowest BCUT2D eigenvalue weighted by atomic mass is 10.1. The minimum absolute atomic E-state index is 0.108. The third-order valence-corrected chi connectivity index (χ3v) is 5.77. The van der Waals surface area contributed by atoms with Crippen LogP contribution in [0.3, 0.4) is 0 Å². The molecular formula is C28H26N4O6. The van der Waals surface area contributed by atoms with E-state index in [4.69, 9.17) is 14.7 Å². The maximum atomic E-state index is 13.0. The molecule has 194 valence electrons. The first-order valence-electron chi connectivity index (χ1n) is 11.9. The number of carbonyl (C=O) groups is 3. The number of amides is 3. The number of hydrogen-bond donors (Lipinski definition) is 3. The van der Waals surface area contributed by atoms with Crippen molar-refractivity contribution in [2.24, 2.45) is 0 Å². The van der Waals surface area contributed by atoms with Crippen LogP contribution in [0.5, 0.6) is 0 Å². The van der Waals surface area contributed by atoms with Gasteiger partial charge in [0, 0.05) is 23.6 Å². The Labute approximate surface area is 219 Å². The molecule has 0 radical (unpaired) electrons. The molecule has 0 aromatic heterocycles. The molecule has 3 aromatic rings. The lowest BCUT2D eigenvalue weighted by Crippen LogP contribution is -2.55. The van der Waals surface area contributed by atoms with E-state index < -0.39 is 24.0 Å². The number of anilines is 3.